The molecule has 0 unspecified atom stereocenters. The van der Waals surface area contributed by atoms with Crippen molar-refractivity contribution in [3.8, 4) is 0 Å². The molecule has 2 aromatic rings. The lowest BCUT2D eigenvalue weighted by Gasteiger charge is -2.43. The van der Waals surface area contributed by atoms with Crippen molar-refractivity contribution in [2.24, 2.45) is 0 Å². The van der Waals surface area contributed by atoms with E-state index >= 15 is 0 Å². The van der Waals surface area contributed by atoms with Gasteiger partial charge < -0.3 is 20.6 Å². The van der Waals surface area contributed by atoms with Gasteiger partial charge in [-0.05, 0) is 66.3 Å². The normalized spacial score (nSPS) is 21.1. The minimum Gasteiger partial charge on any atom is -0.390 e. The average Bonchev–Trinajstić information content (AvgIpc) is 2.89. The molecule has 8 nitrogen and oxygen atoms in total. The van der Waals surface area contributed by atoms with E-state index in [-0.39, 0.29) is 42.6 Å². The first-order valence-electron chi connectivity index (χ1n) is 13.8. The summed E-state index contributed by atoms with van der Waals surface area (Å²) in [5.41, 5.74) is 8.19. The van der Waals surface area contributed by atoms with Gasteiger partial charge in [-0.1, -0.05) is 45.0 Å². The number of carbonyl (C=O) groups is 1. The number of hydrogen-bond donors (Lipinski definition) is 5. The number of rotatable bonds is 13. The Kier molecular flexibility index (Phi) is 11.6. The molecule has 2 aromatic carbocycles. The van der Waals surface area contributed by atoms with Crippen LogP contribution in [0.3, 0.4) is 0 Å². The Balaban J connectivity index is 1.81. The highest BCUT2D eigenvalue weighted by Gasteiger charge is 2.38. The fraction of sp³-hybridized carbons (Fsp3) is 0.567. The molecule has 0 spiro atoms. The monoisotopic (exact) mass is 562 g/mol. The van der Waals surface area contributed by atoms with Crippen LogP contribution in [-0.2, 0) is 31.8 Å². The molecular formula is C30H44F2N4O4. The van der Waals surface area contributed by atoms with Crippen LogP contribution in [0.4, 0.5) is 8.78 Å². The van der Waals surface area contributed by atoms with Crippen molar-refractivity contribution in [3.63, 3.8) is 0 Å². The van der Waals surface area contributed by atoms with Gasteiger partial charge in [0.1, 0.15) is 18.4 Å². The Morgan fingerprint density at radius 1 is 1.12 bits per heavy atom. The van der Waals surface area contributed by atoms with Gasteiger partial charge in [-0.15, -0.1) is 0 Å². The standard InChI is InChI=1S/C30H44F2N4O4/c1-20(37)33-19-40-36-27(15-21-13-24(31)17-25(32)14-21)28(38)18-34-30(11-9-26(10-12-30)35-39-5)23-8-6-7-22(16-23)29(2,3)4/h6-8,13-14,16-17,26-28,34-36,38H,9-12,15,18-19H2,1-5H3,(H,33,37)/t26?,27-,28+,30?/m0/s1. The number of nitrogens with one attached hydrogen (secondary N) is 4. The molecule has 5 N–H and O–H groups in total. The number of carbonyl (C=O) groups excluding carboxylic acids is 1. The summed E-state index contributed by atoms with van der Waals surface area (Å²) < 4.78 is 27.8. The molecular weight excluding hydrogens is 518 g/mol. The minimum absolute atomic E-state index is 0.0218. The van der Waals surface area contributed by atoms with Gasteiger partial charge in [0.25, 0.3) is 0 Å². The fourth-order valence-corrected chi connectivity index (χ4v) is 5.21. The van der Waals surface area contributed by atoms with Crippen LogP contribution >= 0.6 is 0 Å². The van der Waals surface area contributed by atoms with Gasteiger partial charge in [-0.2, -0.15) is 11.0 Å². The van der Waals surface area contributed by atoms with Crippen molar-refractivity contribution >= 4 is 5.91 Å². The van der Waals surface area contributed by atoms with E-state index in [1.807, 2.05) is 0 Å². The van der Waals surface area contributed by atoms with E-state index < -0.39 is 23.8 Å². The predicted molar refractivity (Wildman–Crippen MR) is 150 cm³/mol. The SMILES string of the molecule is CONC1CCC(NC[C@@H](O)[C@H](Cc2cc(F)cc(F)c2)NOCNC(C)=O)(c2cccc(C(C)(C)C)c2)CC1. The summed E-state index contributed by atoms with van der Waals surface area (Å²) in [7, 11) is 1.62. The first-order chi connectivity index (χ1) is 18.9. The van der Waals surface area contributed by atoms with Crippen LogP contribution in [0.15, 0.2) is 42.5 Å². The summed E-state index contributed by atoms with van der Waals surface area (Å²) >= 11 is 0. The zero-order chi connectivity index (χ0) is 29.3. The van der Waals surface area contributed by atoms with E-state index in [0.29, 0.717) is 5.56 Å². The van der Waals surface area contributed by atoms with Gasteiger partial charge in [0.05, 0.1) is 19.3 Å². The number of hydroxylamine groups is 2. The molecule has 1 aliphatic rings. The molecule has 2 atom stereocenters. The molecule has 1 fully saturated rings. The van der Waals surface area contributed by atoms with Crippen molar-refractivity contribution in [2.75, 3.05) is 20.4 Å². The summed E-state index contributed by atoms with van der Waals surface area (Å²) in [5.74, 6) is -1.66. The first-order valence-corrected chi connectivity index (χ1v) is 13.8. The molecule has 1 aliphatic carbocycles. The third-order valence-electron chi connectivity index (χ3n) is 7.52. The molecule has 40 heavy (non-hydrogen) atoms. The first kappa shape index (κ1) is 32.0. The smallest absolute Gasteiger partial charge is 0.218 e. The molecule has 0 bridgehead atoms. The molecule has 0 heterocycles. The van der Waals surface area contributed by atoms with Crippen LogP contribution in [0, 0.1) is 11.6 Å². The van der Waals surface area contributed by atoms with E-state index in [1.165, 1.54) is 24.6 Å². The van der Waals surface area contributed by atoms with E-state index in [9.17, 15) is 18.7 Å². The fourth-order valence-electron chi connectivity index (χ4n) is 5.21. The van der Waals surface area contributed by atoms with Crippen molar-refractivity contribution in [3.05, 3.63) is 70.8 Å². The van der Waals surface area contributed by atoms with Gasteiger partial charge >= 0.3 is 0 Å². The predicted octanol–water partition coefficient (Wildman–Crippen LogP) is 3.73. The third kappa shape index (κ3) is 9.29. The number of benzene rings is 2. The van der Waals surface area contributed by atoms with Gasteiger partial charge in [0, 0.05) is 31.1 Å². The summed E-state index contributed by atoms with van der Waals surface area (Å²) in [6, 6.07) is 11.4. The number of hydrogen-bond acceptors (Lipinski definition) is 7. The van der Waals surface area contributed by atoms with Crippen LogP contribution in [0.25, 0.3) is 0 Å². The summed E-state index contributed by atoms with van der Waals surface area (Å²) in [5, 5.41) is 17.5. The van der Waals surface area contributed by atoms with Crippen LogP contribution in [-0.4, -0.2) is 49.6 Å². The number of amides is 1. The third-order valence-corrected chi connectivity index (χ3v) is 7.52. The number of aliphatic hydroxyl groups excluding tert-OH is 1. The van der Waals surface area contributed by atoms with E-state index in [0.717, 1.165) is 37.3 Å². The molecule has 3 rings (SSSR count). The lowest BCUT2D eigenvalue weighted by molar-refractivity contribution is -0.122. The second-order valence-electron chi connectivity index (χ2n) is 11.7. The maximum Gasteiger partial charge on any atom is 0.218 e. The molecule has 1 saturated carbocycles. The highest BCUT2D eigenvalue weighted by Crippen LogP contribution is 2.39. The number of aliphatic hydroxyl groups is 1. The quantitative estimate of drug-likeness (QED) is 0.144. The summed E-state index contributed by atoms with van der Waals surface area (Å²) in [6.45, 7) is 7.98. The lowest BCUT2D eigenvalue weighted by atomic mass is 9.73. The second-order valence-corrected chi connectivity index (χ2v) is 11.7. The van der Waals surface area contributed by atoms with Crippen LogP contribution < -0.4 is 21.6 Å². The van der Waals surface area contributed by atoms with Crippen molar-refractivity contribution in [2.45, 2.75) is 88.9 Å². The lowest BCUT2D eigenvalue weighted by Crippen LogP contribution is -2.54. The molecule has 222 valence electrons. The van der Waals surface area contributed by atoms with Crippen molar-refractivity contribution in [1.82, 2.24) is 21.6 Å². The molecule has 0 radical (unpaired) electrons. The zero-order valence-electron chi connectivity index (χ0n) is 24.2. The molecule has 0 aliphatic heterocycles. The highest BCUT2D eigenvalue weighted by atomic mass is 19.1. The molecule has 10 heteroatoms. The van der Waals surface area contributed by atoms with Crippen molar-refractivity contribution in [1.29, 1.82) is 0 Å². The minimum atomic E-state index is -0.985. The maximum atomic E-state index is 13.9. The van der Waals surface area contributed by atoms with E-state index in [1.54, 1.807) is 7.11 Å². The van der Waals surface area contributed by atoms with Gasteiger partial charge in [0.15, 0.2) is 0 Å². The number of halogens is 2. The van der Waals surface area contributed by atoms with E-state index in [4.69, 9.17) is 9.68 Å². The van der Waals surface area contributed by atoms with Gasteiger partial charge in [-0.3, -0.25) is 9.63 Å². The zero-order valence-corrected chi connectivity index (χ0v) is 24.2. The highest BCUT2D eigenvalue weighted by molar-refractivity contribution is 5.72. The topological polar surface area (TPSA) is 104 Å². The summed E-state index contributed by atoms with van der Waals surface area (Å²) in [4.78, 5) is 21.8. The van der Waals surface area contributed by atoms with Crippen LogP contribution in [0.1, 0.15) is 70.1 Å². The second kappa shape index (κ2) is 14.4. The Morgan fingerprint density at radius 2 is 1.80 bits per heavy atom. The van der Waals surface area contributed by atoms with Crippen LogP contribution in [0.2, 0.25) is 0 Å². The largest absolute Gasteiger partial charge is 0.390 e. The summed E-state index contributed by atoms with van der Waals surface area (Å²) in [6.07, 6.45) is 2.51. The van der Waals surface area contributed by atoms with E-state index in [2.05, 4.69) is 66.6 Å². The maximum absolute atomic E-state index is 13.9. The average molecular weight is 563 g/mol. The Labute approximate surface area is 236 Å². The molecule has 0 aromatic heterocycles. The molecule has 0 saturated heterocycles. The Hall–Kier alpha value is -2.47. The van der Waals surface area contributed by atoms with Gasteiger partial charge in [-0.25, -0.2) is 8.78 Å². The van der Waals surface area contributed by atoms with Crippen molar-refractivity contribution < 1.29 is 28.4 Å². The Bertz CT molecular complexity index is 1080. The Morgan fingerprint density at radius 3 is 2.40 bits per heavy atom. The van der Waals surface area contributed by atoms with Gasteiger partial charge in [0.2, 0.25) is 5.91 Å². The molecule has 1 amide bonds. The van der Waals surface area contributed by atoms with Crippen LogP contribution in [0.5, 0.6) is 0 Å².